The van der Waals surface area contributed by atoms with Gasteiger partial charge in [-0.15, -0.1) is 0 Å². The first-order valence-corrected chi connectivity index (χ1v) is 15.0. The molecule has 2 N–H and O–H groups in total. The zero-order chi connectivity index (χ0) is 28.9. The van der Waals surface area contributed by atoms with Crippen molar-refractivity contribution < 1.29 is 13.9 Å². The Morgan fingerprint density at radius 3 is 3.02 bits per heavy atom. The maximum Gasteiger partial charge on any atom is 0.318 e. The number of halogens is 1. The van der Waals surface area contributed by atoms with Gasteiger partial charge in [0.15, 0.2) is 0 Å². The largest absolute Gasteiger partial charge is 0.461 e. The predicted octanol–water partition coefficient (Wildman–Crippen LogP) is 3.52. The SMILES string of the molecule is CN(CCn1cccn1)c1nc(OC[C@@]23CCCN2C[C@H](F)C3)nc2c1CO[C@@]1(CCCc3ccc(N)c(C#N)c31)C2. The summed E-state index contributed by atoms with van der Waals surface area (Å²) in [4.78, 5) is 14.2. The summed E-state index contributed by atoms with van der Waals surface area (Å²) in [5, 5.41) is 14.4. The molecule has 2 aromatic heterocycles. The molecule has 0 bridgehead atoms. The minimum Gasteiger partial charge on any atom is -0.461 e. The third-order valence-electron chi connectivity index (χ3n) is 9.73. The molecule has 1 aliphatic carbocycles. The quantitative estimate of drug-likeness (QED) is 0.424. The van der Waals surface area contributed by atoms with Crippen LogP contribution in [0.3, 0.4) is 0 Å². The molecule has 1 aromatic carbocycles. The van der Waals surface area contributed by atoms with Crippen molar-refractivity contribution in [1.29, 1.82) is 5.26 Å². The molecule has 1 spiro atoms. The van der Waals surface area contributed by atoms with E-state index >= 15 is 0 Å². The first-order chi connectivity index (χ1) is 20.4. The monoisotopic (exact) mass is 572 g/mol. The maximum absolute atomic E-state index is 14.4. The van der Waals surface area contributed by atoms with Crippen LogP contribution in [0.4, 0.5) is 15.9 Å². The number of hydrogen-bond donors (Lipinski definition) is 1. The van der Waals surface area contributed by atoms with Crippen molar-refractivity contribution in [3.05, 3.63) is 58.5 Å². The summed E-state index contributed by atoms with van der Waals surface area (Å²) in [6.07, 6.45) is 8.44. The molecule has 0 saturated carbocycles. The summed E-state index contributed by atoms with van der Waals surface area (Å²) in [5.41, 5.74) is 10.1. The minimum atomic E-state index is -0.826. The topological polar surface area (TPSA) is 118 Å². The molecule has 2 saturated heterocycles. The van der Waals surface area contributed by atoms with Gasteiger partial charge in [0.25, 0.3) is 0 Å². The first kappa shape index (κ1) is 27.1. The highest BCUT2D eigenvalue weighted by molar-refractivity contribution is 5.63. The first-order valence-electron chi connectivity index (χ1n) is 15.0. The van der Waals surface area contributed by atoms with E-state index in [1.807, 2.05) is 36.1 Å². The van der Waals surface area contributed by atoms with E-state index in [9.17, 15) is 9.65 Å². The molecule has 0 unspecified atom stereocenters. The van der Waals surface area contributed by atoms with E-state index in [0.29, 0.717) is 63.0 Å². The van der Waals surface area contributed by atoms with Crippen LogP contribution in [0.25, 0.3) is 0 Å². The summed E-state index contributed by atoms with van der Waals surface area (Å²) in [6.45, 7) is 3.42. The predicted molar refractivity (Wildman–Crippen MR) is 155 cm³/mol. The number of alkyl halides is 1. The molecule has 3 aliphatic heterocycles. The highest BCUT2D eigenvalue weighted by atomic mass is 19.1. The Morgan fingerprint density at radius 2 is 2.19 bits per heavy atom. The average molecular weight is 573 g/mol. The number of rotatable bonds is 7. The Balaban J connectivity index is 1.24. The van der Waals surface area contributed by atoms with Gasteiger partial charge in [-0.2, -0.15) is 20.3 Å². The van der Waals surface area contributed by atoms with Crippen molar-refractivity contribution in [3.63, 3.8) is 0 Å². The van der Waals surface area contributed by atoms with Gasteiger partial charge in [0.2, 0.25) is 0 Å². The van der Waals surface area contributed by atoms with Crippen LogP contribution in [0, 0.1) is 11.3 Å². The Hall–Kier alpha value is -3.75. The molecule has 220 valence electrons. The highest BCUT2D eigenvalue weighted by Gasteiger charge is 2.50. The Labute approximate surface area is 245 Å². The second-order valence-corrected chi connectivity index (χ2v) is 12.3. The van der Waals surface area contributed by atoms with Crippen LogP contribution in [-0.2, 0) is 36.3 Å². The second kappa shape index (κ2) is 10.5. The van der Waals surface area contributed by atoms with Crippen molar-refractivity contribution in [3.8, 4) is 12.1 Å². The van der Waals surface area contributed by atoms with E-state index in [1.54, 1.807) is 6.20 Å². The van der Waals surface area contributed by atoms with Gasteiger partial charge in [0.05, 0.1) is 29.9 Å². The number of nitriles is 1. The molecule has 4 aliphatic rings. The van der Waals surface area contributed by atoms with Crippen LogP contribution in [0.1, 0.15) is 60.1 Å². The van der Waals surface area contributed by atoms with Crippen molar-refractivity contribution in [2.24, 2.45) is 0 Å². The fourth-order valence-corrected chi connectivity index (χ4v) is 7.66. The van der Waals surface area contributed by atoms with Gasteiger partial charge in [-0.05, 0) is 56.3 Å². The average Bonchev–Trinajstić information content (AvgIpc) is 3.71. The van der Waals surface area contributed by atoms with E-state index in [4.69, 9.17) is 25.2 Å². The number of benzene rings is 1. The third kappa shape index (κ3) is 4.57. The summed E-state index contributed by atoms with van der Waals surface area (Å²) >= 11 is 0. The van der Waals surface area contributed by atoms with Crippen LogP contribution in [-0.4, -0.2) is 69.6 Å². The van der Waals surface area contributed by atoms with E-state index in [0.717, 1.165) is 66.9 Å². The number of aromatic nitrogens is 4. The number of ether oxygens (including phenoxy) is 2. The molecule has 42 heavy (non-hydrogen) atoms. The molecular weight excluding hydrogens is 535 g/mol. The number of fused-ring (bicyclic) bond motifs is 4. The minimum absolute atomic E-state index is 0.295. The number of hydrogen-bond acceptors (Lipinski definition) is 9. The molecule has 0 radical (unpaired) electrons. The molecule has 3 aromatic rings. The van der Waals surface area contributed by atoms with Crippen LogP contribution in [0.5, 0.6) is 6.01 Å². The standard InChI is InChI=1S/C31H37FN8O2/c1-38(13-14-40-12-4-10-35-40)28-24-19-42-31(9-2-5-21-6-7-25(34)23(17-33)27(21)31)16-26(24)36-29(37-28)41-20-30-8-3-11-39(30)18-22(32)15-30/h4,6-7,10,12,22H,2-3,5,8-9,11,13-16,18-20,34H2,1H3/t22-,30+,31+/m1/s1. The summed E-state index contributed by atoms with van der Waals surface area (Å²) in [7, 11) is 2.01. The van der Waals surface area contributed by atoms with Crippen molar-refractivity contribution in [2.45, 2.75) is 75.4 Å². The Bertz CT molecular complexity index is 1520. The van der Waals surface area contributed by atoms with Crippen LogP contribution >= 0.6 is 0 Å². The zero-order valence-corrected chi connectivity index (χ0v) is 24.1. The van der Waals surface area contributed by atoms with E-state index in [-0.39, 0.29) is 5.54 Å². The number of nitrogens with zero attached hydrogens (tertiary/aromatic N) is 7. The molecule has 7 rings (SSSR count). The van der Waals surface area contributed by atoms with Gasteiger partial charge >= 0.3 is 6.01 Å². The smallest absolute Gasteiger partial charge is 0.318 e. The number of nitrogens with two attached hydrogens (primary N) is 1. The number of nitrogen functional groups attached to an aromatic ring is 1. The molecule has 11 heteroatoms. The summed E-state index contributed by atoms with van der Waals surface area (Å²) in [6, 6.07) is 8.42. The molecule has 0 amide bonds. The van der Waals surface area contributed by atoms with Gasteiger partial charge in [-0.1, -0.05) is 6.07 Å². The lowest BCUT2D eigenvalue weighted by Crippen LogP contribution is -2.44. The van der Waals surface area contributed by atoms with Gasteiger partial charge in [-0.3, -0.25) is 9.58 Å². The van der Waals surface area contributed by atoms with Crippen molar-refractivity contribution in [1.82, 2.24) is 24.6 Å². The molecule has 5 heterocycles. The molecule has 2 fully saturated rings. The van der Waals surface area contributed by atoms with Crippen molar-refractivity contribution in [2.75, 3.05) is 43.9 Å². The Kier molecular flexibility index (Phi) is 6.78. The number of aryl methyl sites for hydroxylation is 1. The van der Waals surface area contributed by atoms with Crippen LogP contribution < -0.4 is 15.4 Å². The Morgan fingerprint density at radius 1 is 1.29 bits per heavy atom. The van der Waals surface area contributed by atoms with E-state index < -0.39 is 11.8 Å². The lowest BCUT2D eigenvalue weighted by Gasteiger charge is -2.43. The van der Waals surface area contributed by atoms with Gasteiger partial charge in [0.1, 0.15) is 30.3 Å². The van der Waals surface area contributed by atoms with E-state index in [1.165, 1.54) is 0 Å². The summed E-state index contributed by atoms with van der Waals surface area (Å²) in [5.74, 6) is 0.761. The van der Waals surface area contributed by atoms with Crippen molar-refractivity contribution >= 4 is 11.5 Å². The van der Waals surface area contributed by atoms with Gasteiger partial charge in [-0.25, -0.2) is 4.39 Å². The number of likely N-dealkylation sites (N-methyl/N-ethyl adjacent to an activating group) is 1. The lowest BCUT2D eigenvalue weighted by atomic mass is 9.72. The fraction of sp³-hybridized carbons (Fsp3) is 0.548. The normalized spacial score (nSPS) is 26.5. The third-order valence-corrected chi connectivity index (χ3v) is 9.73. The highest BCUT2D eigenvalue weighted by Crippen LogP contribution is 2.48. The van der Waals surface area contributed by atoms with Gasteiger partial charge in [0, 0.05) is 62.2 Å². The van der Waals surface area contributed by atoms with E-state index in [2.05, 4.69) is 21.0 Å². The lowest BCUT2D eigenvalue weighted by molar-refractivity contribution is -0.0857. The molecule has 3 atom stereocenters. The second-order valence-electron chi connectivity index (χ2n) is 12.3. The zero-order valence-electron chi connectivity index (χ0n) is 24.1. The van der Waals surface area contributed by atoms with Gasteiger partial charge < -0.3 is 20.1 Å². The fourth-order valence-electron chi connectivity index (χ4n) is 7.66. The summed E-state index contributed by atoms with van der Waals surface area (Å²) < 4.78 is 29.4. The number of anilines is 2. The molecule has 10 nitrogen and oxygen atoms in total. The molecular formula is C31H37FN8O2. The maximum atomic E-state index is 14.4. The van der Waals surface area contributed by atoms with Crippen LogP contribution in [0.15, 0.2) is 30.6 Å². The van der Waals surface area contributed by atoms with Crippen LogP contribution in [0.2, 0.25) is 0 Å².